The minimum absolute atomic E-state index is 0. The van der Waals surface area contributed by atoms with Crippen LogP contribution in [-0.4, -0.2) is 50.1 Å². The number of benzene rings is 1. The monoisotopic (exact) mass is 505 g/mol. The van der Waals surface area contributed by atoms with Crippen LogP contribution in [-0.2, 0) is 14.9 Å². The highest BCUT2D eigenvalue weighted by Gasteiger charge is 2.44. The second-order valence-electron chi connectivity index (χ2n) is 7.20. The zero-order valence-electron chi connectivity index (χ0n) is 16.0. The first kappa shape index (κ1) is 22.3. The van der Waals surface area contributed by atoms with E-state index >= 15 is 0 Å². The standard InChI is InChI=1S/C20H28ClN3O2.HI/c1-3-26-18(25)15-7-11-24(12-8-15)19(22-2)23-14-20(9-10-20)16-5-4-6-17(21)13-16;/h4-6,13,15H,3,7-12,14H2,1-2H3,(H,22,23);1H. The second kappa shape index (κ2) is 9.96. The minimum Gasteiger partial charge on any atom is -0.466 e. The van der Waals surface area contributed by atoms with Crippen molar-refractivity contribution in [3.05, 3.63) is 34.9 Å². The van der Waals surface area contributed by atoms with E-state index in [2.05, 4.69) is 27.3 Å². The van der Waals surface area contributed by atoms with Gasteiger partial charge in [-0.25, -0.2) is 0 Å². The van der Waals surface area contributed by atoms with E-state index in [4.69, 9.17) is 16.3 Å². The van der Waals surface area contributed by atoms with Gasteiger partial charge in [0.2, 0.25) is 0 Å². The number of esters is 1. The van der Waals surface area contributed by atoms with Crippen LogP contribution in [0, 0.1) is 5.92 Å². The number of carbonyl (C=O) groups excluding carboxylic acids is 1. The lowest BCUT2D eigenvalue weighted by molar-refractivity contribution is -0.149. The topological polar surface area (TPSA) is 53.9 Å². The van der Waals surface area contributed by atoms with Crippen LogP contribution in [0.4, 0.5) is 0 Å². The Morgan fingerprint density at radius 2 is 2.07 bits per heavy atom. The molecule has 0 bridgehead atoms. The average molecular weight is 506 g/mol. The fourth-order valence-corrected chi connectivity index (χ4v) is 3.89. The molecule has 0 unspecified atom stereocenters. The van der Waals surface area contributed by atoms with Crippen molar-refractivity contribution in [2.75, 3.05) is 33.3 Å². The van der Waals surface area contributed by atoms with Gasteiger partial charge in [-0.05, 0) is 50.3 Å². The molecule has 7 heteroatoms. The van der Waals surface area contributed by atoms with Gasteiger partial charge in [-0.15, -0.1) is 24.0 Å². The van der Waals surface area contributed by atoms with Crippen LogP contribution in [0.3, 0.4) is 0 Å². The number of aliphatic imine (C=N–C) groups is 1. The molecule has 2 aliphatic rings. The Balaban J connectivity index is 0.00000261. The van der Waals surface area contributed by atoms with Crippen LogP contribution >= 0.6 is 35.6 Å². The van der Waals surface area contributed by atoms with Crippen molar-refractivity contribution in [3.63, 3.8) is 0 Å². The van der Waals surface area contributed by atoms with E-state index in [1.807, 2.05) is 26.1 Å². The van der Waals surface area contributed by atoms with E-state index < -0.39 is 0 Å². The molecule has 0 spiro atoms. The quantitative estimate of drug-likeness (QED) is 0.286. The van der Waals surface area contributed by atoms with Crippen molar-refractivity contribution in [1.82, 2.24) is 10.2 Å². The van der Waals surface area contributed by atoms with E-state index in [9.17, 15) is 4.79 Å². The van der Waals surface area contributed by atoms with Gasteiger partial charge >= 0.3 is 5.97 Å². The Morgan fingerprint density at radius 3 is 2.63 bits per heavy atom. The fourth-order valence-electron chi connectivity index (χ4n) is 3.70. The van der Waals surface area contributed by atoms with Crippen molar-refractivity contribution in [2.24, 2.45) is 10.9 Å². The Labute approximate surface area is 183 Å². The molecular formula is C20H29ClIN3O2. The third-order valence-corrected chi connectivity index (χ3v) is 5.74. The summed E-state index contributed by atoms with van der Waals surface area (Å²) in [6.07, 6.45) is 3.97. The van der Waals surface area contributed by atoms with Gasteiger partial charge in [-0.3, -0.25) is 9.79 Å². The van der Waals surface area contributed by atoms with Crippen molar-refractivity contribution in [3.8, 4) is 0 Å². The number of piperidine rings is 1. The van der Waals surface area contributed by atoms with Gasteiger partial charge in [-0.2, -0.15) is 0 Å². The van der Waals surface area contributed by atoms with Crippen molar-refractivity contribution >= 4 is 47.5 Å². The average Bonchev–Trinajstić information content (AvgIpc) is 3.44. The normalized spacial score (nSPS) is 19.2. The maximum Gasteiger partial charge on any atom is 0.309 e. The molecule has 1 N–H and O–H groups in total. The molecule has 0 aromatic heterocycles. The van der Waals surface area contributed by atoms with Crippen molar-refractivity contribution in [2.45, 2.75) is 38.0 Å². The van der Waals surface area contributed by atoms with E-state index in [1.54, 1.807) is 0 Å². The summed E-state index contributed by atoms with van der Waals surface area (Å²) in [4.78, 5) is 18.6. The van der Waals surface area contributed by atoms with Crippen LogP contribution in [0.5, 0.6) is 0 Å². The van der Waals surface area contributed by atoms with Gasteiger partial charge in [0.15, 0.2) is 5.96 Å². The molecular weight excluding hydrogens is 477 g/mol. The number of halogens is 2. The predicted octanol–water partition coefficient (Wildman–Crippen LogP) is 3.84. The van der Waals surface area contributed by atoms with E-state index in [0.717, 1.165) is 43.5 Å². The van der Waals surface area contributed by atoms with Gasteiger partial charge in [0.05, 0.1) is 12.5 Å². The number of rotatable bonds is 5. The summed E-state index contributed by atoms with van der Waals surface area (Å²) < 4.78 is 5.15. The summed E-state index contributed by atoms with van der Waals surface area (Å²) in [7, 11) is 1.82. The molecule has 27 heavy (non-hydrogen) atoms. The van der Waals surface area contributed by atoms with Gasteiger partial charge < -0.3 is 15.0 Å². The Morgan fingerprint density at radius 1 is 1.37 bits per heavy atom. The first-order valence-electron chi connectivity index (χ1n) is 9.46. The fraction of sp³-hybridized carbons (Fsp3) is 0.600. The Hall–Kier alpha value is -1.02. The Kier molecular flexibility index (Phi) is 8.21. The molecule has 3 rings (SSSR count). The molecule has 1 aromatic rings. The zero-order valence-corrected chi connectivity index (χ0v) is 19.1. The zero-order chi connectivity index (χ0) is 18.6. The molecule has 1 aromatic carbocycles. The number of hydrogen-bond donors (Lipinski definition) is 1. The maximum absolute atomic E-state index is 11.9. The number of ether oxygens (including phenoxy) is 1. The van der Waals surface area contributed by atoms with Gasteiger partial charge in [0, 0.05) is 37.1 Å². The molecule has 5 nitrogen and oxygen atoms in total. The lowest BCUT2D eigenvalue weighted by Crippen LogP contribution is -2.48. The molecule has 0 radical (unpaired) electrons. The SMILES string of the molecule is CCOC(=O)C1CCN(C(=NC)NCC2(c3cccc(Cl)c3)CC2)CC1.I. The number of nitrogens with one attached hydrogen (secondary N) is 1. The third kappa shape index (κ3) is 5.50. The highest BCUT2D eigenvalue weighted by molar-refractivity contribution is 14.0. The highest BCUT2D eigenvalue weighted by atomic mass is 127. The smallest absolute Gasteiger partial charge is 0.309 e. The third-order valence-electron chi connectivity index (χ3n) is 5.50. The number of hydrogen-bond acceptors (Lipinski definition) is 3. The van der Waals surface area contributed by atoms with Crippen LogP contribution in [0.1, 0.15) is 38.2 Å². The number of likely N-dealkylation sites (tertiary alicyclic amines) is 1. The number of nitrogens with zero attached hydrogens (tertiary/aromatic N) is 2. The molecule has 150 valence electrons. The Bertz CT molecular complexity index is 671. The molecule has 1 heterocycles. The number of guanidine groups is 1. The van der Waals surface area contributed by atoms with E-state index in [0.29, 0.717) is 6.61 Å². The summed E-state index contributed by atoms with van der Waals surface area (Å²) in [5.41, 5.74) is 1.47. The van der Waals surface area contributed by atoms with Gasteiger partial charge in [-0.1, -0.05) is 23.7 Å². The molecule has 2 fully saturated rings. The molecule has 1 aliphatic heterocycles. The van der Waals surface area contributed by atoms with Crippen molar-refractivity contribution < 1.29 is 9.53 Å². The summed E-state index contributed by atoms with van der Waals surface area (Å²) in [5.74, 6) is 0.874. The summed E-state index contributed by atoms with van der Waals surface area (Å²) in [5, 5.41) is 4.34. The van der Waals surface area contributed by atoms with Gasteiger partial charge in [0.1, 0.15) is 0 Å². The second-order valence-corrected chi connectivity index (χ2v) is 7.64. The van der Waals surface area contributed by atoms with Crippen LogP contribution < -0.4 is 5.32 Å². The van der Waals surface area contributed by atoms with E-state index in [-0.39, 0.29) is 41.3 Å². The minimum atomic E-state index is -0.0620. The van der Waals surface area contributed by atoms with Crippen LogP contribution in [0.15, 0.2) is 29.3 Å². The maximum atomic E-state index is 11.9. The largest absolute Gasteiger partial charge is 0.466 e. The predicted molar refractivity (Wildman–Crippen MR) is 120 cm³/mol. The first-order valence-corrected chi connectivity index (χ1v) is 9.84. The summed E-state index contributed by atoms with van der Waals surface area (Å²) in [6.45, 7) is 4.82. The number of carbonyl (C=O) groups is 1. The van der Waals surface area contributed by atoms with Gasteiger partial charge in [0.25, 0.3) is 0 Å². The molecule has 1 saturated carbocycles. The van der Waals surface area contributed by atoms with Crippen LogP contribution in [0.2, 0.25) is 5.02 Å². The summed E-state index contributed by atoms with van der Waals surface area (Å²) >= 11 is 6.16. The first-order chi connectivity index (χ1) is 12.6. The van der Waals surface area contributed by atoms with Crippen molar-refractivity contribution in [1.29, 1.82) is 0 Å². The summed E-state index contributed by atoms with van der Waals surface area (Å²) in [6, 6.07) is 8.17. The van der Waals surface area contributed by atoms with Crippen LogP contribution in [0.25, 0.3) is 0 Å². The molecule has 0 atom stereocenters. The molecule has 0 amide bonds. The molecule has 1 saturated heterocycles. The molecule has 1 aliphatic carbocycles. The lowest BCUT2D eigenvalue weighted by Gasteiger charge is -2.34. The van der Waals surface area contributed by atoms with E-state index in [1.165, 1.54) is 18.4 Å². The lowest BCUT2D eigenvalue weighted by atomic mass is 9.95. The highest BCUT2D eigenvalue weighted by Crippen LogP contribution is 2.48.